The second-order valence-corrected chi connectivity index (χ2v) is 7.30. The Kier molecular flexibility index (Phi) is 4.67. The number of nitrogens with one attached hydrogen (secondary N) is 1. The summed E-state index contributed by atoms with van der Waals surface area (Å²) in [4.78, 5) is 0. The first-order valence-corrected chi connectivity index (χ1v) is 7.73. The van der Waals surface area contributed by atoms with Crippen molar-refractivity contribution < 1.29 is 0 Å². The molecule has 1 aromatic carbocycles. The smallest absolute Gasteiger partial charge is 0.00748 e. The van der Waals surface area contributed by atoms with E-state index in [0.29, 0.717) is 11.5 Å². The minimum Gasteiger partial charge on any atom is -0.314 e. The lowest BCUT2D eigenvalue weighted by Crippen LogP contribution is -2.40. The predicted molar refractivity (Wildman–Crippen MR) is 83.5 cm³/mol. The van der Waals surface area contributed by atoms with Crippen LogP contribution in [0, 0.1) is 18.3 Å². The molecule has 0 aromatic heterocycles. The van der Waals surface area contributed by atoms with Crippen LogP contribution in [0.15, 0.2) is 24.3 Å². The molecule has 2 atom stereocenters. The van der Waals surface area contributed by atoms with Crippen LogP contribution in [0.3, 0.4) is 0 Å². The van der Waals surface area contributed by atoms with Crippen molar-refractivity contribution in [3.8, 4) is 0 Å². The molecule has 1 heteroatoms. The molecular formula is C18H29N. The number of rotatable bonds is 4. The van der Waals surface area contributed by atoms with Crippen molar-refractivity contribution in [2.45, 2.75) is 59.4 Å². The quantitative estimate of drug-likeness (QED) is 0.848. The second-order valence-electron chi connectivity index (χ2n) is 7.30. The molecule has 0 saturated heterocycles. The van der Waals surface area contributed by atoms with Crippen molar-refractivity contribution in [3.05, 3.63) is 35.4 Å². The molecule has 0 amide bonds. The molecule has 1 nitrogen and oxygen atoms in total. The van der Waals surface area contributed by atoms with E-state index < -0.39 is 0 Å². The van der Waals surface area contributed by atoms with E-state index >= 15 is 0 Å². The van der Waals surface area contributed by atoms with Crippen LogP contribution in [0.2, 0.25) is 0 Å². The van der Waals surface area contributed by atoms with Crippen LogP contribution < -0.4 is 5.32 Å². The first-order chi connectivity index (χ1) is 8.94. The van der Waals surface area contributed by atoms with E-state index in [-0.39, 0.29) is 0 Å². The maximum atomic E-state index is 3.78. The van der Waals surface area contributed by atoms with Crippen LogP contribution in [0.25, 0.3) is 0 Å². The average molecular weight is 259 g/mol. The molecule has 1 fully saturated rings. The summed E-state index contributed by atoms with van der Waals surface area (Å²) in [5.41, 5.74) is 3.33. The third-order valence-corrected chi connectivity index (χ3v) is 4.32. The third-order valence-electron chi connectivity index (χ3n) is 4.32. The Morgan fingerprint density at radius 3 is 2.74 bits per heavy atom. The van der Waals surface area contributed by atoms with Crippen LogP contribution >= 0.6 is 0 Å². The Bertz CT molecular complexity index is 408. The molecule has 1 aliphatic rings. The lowest BCUT2D eigenvalue weighted by atomic mass is 9.70. The fourth-order valence-electron chi connectivity index (χ4n) is 3.79. The van der Waals surface area contributed by atoms with E-state index in [0.717, 1.165) is 18.9 Å². The molecule has 1 aromatic rings. The standard InChI is InChI=1S/C18H29N/c1-14-6-5-7-16(10-14)8-9-19-17-11-15(2)12-18(3,4)13-17/h5-7,10,15,17,19H,8-9,11-13H2,1-4H3. The Morgan fingerprint density at radius 1 is 1.26 bits per heavy atom. The van der Waals surface area contributed by atoms with Crippen molar-refractivity contribution >= 4 is 0 Å². The lowest BCUT2D eigenvalue weighted by molar-refractivity contribution is 0.152. The maximum absolute atomic E-state index is 3.78. The van der Waals surface area contributed by atoms with Gasteiger partial charge in [0.15, 0.2) is 0 Å². The van der Waals surface area contributed by atoms with Gasteiger partial charge >= 0.3 is 0 Å². The summed E-state index contributed by atoms with van der Waals surface area (Å²) < 4.78 is 0. The van der Waals surface area contributed by atoms with Crippen molar-refractivity contribution in [2.75, 3.05) is 6.54 Å². The first-order valence-electron chi connectivity index (χ1n) is 7.73. The third kappa shape index (κ3) is 4.65. The molecule has 106 valence electrons. The van der Waals surface area contributed by atoms with Gasteiger partial charge < -0.3 is 5.32 Å². The van der Waals surface area contributed by atoms with Gasteiger partial charge in [-0.15, -0.1) is 0 Å². The summed E-state index contributed by atoms with van der Waals surface area (Å²) in [6, 6.07) is 9.58. The van der Waals surface area contributed by atoms with E-state index in [2.05, 4.69) is 57.3 Å². The molecule has 0 aliphatic heterocycles. The average Bonchev–Trinajstić information content (AvgIpc) is 2.26. The van der Waals surface area contributed by atoms with Gasteiger partial charge in [-0.1, -0.05) is 50.6 Å². The van der Waals surface area contributed by atoms with E-state index in [4.69, 9.17) is 0 Å². The van der Waals surface area contributed by atoms with Crippen LogP contribution in [-0.4, -0.2) is 12.6 Å². The Hall–Kier alpha value is -0.820. The highest BCUT2D eigenvalue weighted by molar-refractivity contribution is 5.22. The molecule has 0 spiro atoms. The maximum Gasteiger partial charge on any atom is 0.00748 e. The van der Waals surface area contributed by atoms with Crippen LogP contribution in [-0.2, 0) is 6.42 Å². The molecule has 0 bridgehead atoms. The largest absolute Gasteiger partial charge is 0.314 e. The molecule has 0 heterocycles. The molecule has 0 radical (unpaired) electrons. The highest BCUT2D eigenvalue weighted by atomic mass is 14.9. The molecule has 2 unspecified atom stereocenters. The van der Waals surface area contributed by atoms with Gasteiger partial charge in [-0.25, -0.2) is 0 Å². The normalized spacial score (nSPS) is 26.3. The molecule has 2 rings (SSSR count). The Labute approximate surface area is 118 Å². The minimum atomic E-state index is 0.513. The number of aryl methyl sites for hydroxylation is 1. The monoisotopic (exact) mass is 259 g/mol. The Balaban J connectivity index is 1.79. The van der Waals surface area contributed by atoms with Crippen LogP contribution in [0.1, 0.15) is 51.2 Å². The van der Waals surface area contributed by atoms with Gasteiger partial charge in [0.2, 0.25) is 0 Å². The number of hydrogen-bond acceptors (Lipinski definition) is 1. The van der Waals surface area contributed by atoms with Crippen molar-refractivity contribution in [2.24, 2.45) is 11.3 Å². The molecule has 1 N–H and O–H groups in total. The predicted octanol–water partition coefficient (Wildman–Crippen LogP) is 4.34. The zero-order valence-corrected chi connectivity index (χ0v) is 13.0. The van der Waals surface area contributed by atoms with Crippen molar-refractivity contribution in [1.82, 2.24) is 5.32 Å². The van der Waals surface area contributed by atoms with Gasteiger partial charge in [0.25, 0.3) is 0 Å². The van der Waals surface area contributed by atoms with Crippen molar-refractivity contribution in [3.63, 3.8) is 0 Å². The second kappa shape index (κ2) is 6.09. The van der Waals surface area contributed by atoms with E-state index in [9.17, 15) is 0 Å². The van der Waals surface area contributed by atoms with Gasteiger partial charge in [-0.2, -0.15) is 0 Å². The van der Waals surface area contributed by atoms with Crippen molar-refractivity contribution in [1.29, 1.82) is 0 Å². The molecule has 1 aliphatic carbocycles. The highest BCUT2D eigenvalue weighted by Gasteiger charge is 2.31. The molecular weight excluding hydrogens is 230 g/mol. The molecule has 1 saturated carbocycles. The summed E-state index contributed by atoms with van der Waals surface area (Å²) in [7, 11) is 0. The van der Waals surface area contributed by atoms with E-state index in [1.807, 2.05) is 0 Å². The topological polar surface area (TPSA) is 12.0 Å². The van der Waals surface area contributed by atoms with Crippen LogP contribution in [0.4, 0.5) is 0 Å². The minimum absolute atomic E-state index is 0.513. The lowest BCUT2D eigenvalue weighted by Gasteiger charge is -2.39. The van der Waals surface area contributed by atoms with Gasteiger partial charge in [0.1, 0.15) is 0 Å². The summed E-state index contributed by atoms with van der Waals surface area (Å²) in [5.74, 6) is 0.861. The zero-order chi connectivity index (χ0) is 13.9. The first kappa shape index (κ1) is 14.6. The summed E-state index contributed by atoms with van der Waals surface area (Å²) in [6.07, 6.45) is 5.19. The SMILES string of the molecule is Cc1cccc(CCNC2CC(C)CC(C)(C)C2)c1. The number of hydrogen-bond donors (Lipinski definition) is 1. The van der Waals surface area contributed by atoms with Crippen LogP contribution in [0.5, 0.6) is 0 Å². The molecule has 19 heavy (non-hydrogen) atoms. The zero-order valence-electron chi connectivity index (χ0n) is 13.0. The number of benzene rings is 1. The summed E-state index contributed by atoms with van der Waals surface area (Å²) in [5, 5.41) is 3.78. The van der Waals surface area contributed by atoms with Gasteiger partial charge in [0, 0.05) is 6.04 Å². The van der Waals surface area contributed by atoms with E-state index in [1.54, 1.807) is 0 Å². The fraction of sp³-hybridized carbons (Fsp3) is 0.667. The van der Waals surface area contributed by atoms with Gasteiger partial charge in [-0.3, -0.25) is 0 Å². The fourth-order valence-corrected chi connectivity index (χ4v) is 3.79. The highest BCUT2D eigenvalue weighted by Crippen LogP contribution is 2.38. The summed E-state index contributed by atoms with van der Waals surface area (Å²) in [6.45, 7) is 10.5. The van der Waals surface area contributed by atoms with E-state index in [1.165, 1.54) is 30.4 Å². The van der Waals surface area contributed by atoms with Gasteiger partial charge in [-0.05, 0) is 56.0 Å². The summed E-state index contributed by atoms with van der Waals surface area (Å²) >= 11 is 0. The van der Waals surface area contributed by atoms with Gasteiger partial charge in [0.05, 0.1) is 0 Å². The Morgan fingerprint density at radius 2 is 2.05 bits per heavy atom.